The standard InChI is InChI=1S/C13H24N4O2/c1-9-8-11(17(5)16-9)15-12(19)14-10(6-7-18)13(2,3)4/h8,10,18H,6-7H2,1-5H3,(H2,14,15,19)/t10-/m0/s1. The molecule has 2 amide bonds. The first kappa shape index (κ1) is 15.5. The highest BCUT2D eigenvalue weighted by Crippen LogP contribution is 2.21. The third-order valence-corrected chi connectivity index (χ3v) is 3.01. The number of amides is 2. The zero-order chi connectivity index (χ0) is 14.6. The quantitative estimate of drug-likeness (QED) is 0.777. The van der Waals surface area contributed by atoms with E-state index >= 15 is 0 Å². The maximum absolute atomic E-state index is 12.0. The van der Waals surface area contributed by atoms with Crippen LogP contribution in [-0.2, 0) is 7.05 Å². The molecule has 1 heterocycles. The molecule has 3 N–H and O–H groups in total. The highest BCUT2D eigenvalue weighted by molar-refractivity contribution is 5.88. The number of aliphatic hydroxyl groups excluding tert-OH is 1. The fraction of sp³-hybridized carbons (Fsp3) is 0.692. The summed E-state index contributed by atoms with van der Waals surface area (Å²) in [6, 6.07) is 1.43. The van der Waals surface area contributed by atoms with Gasteiger partial charge < -0.3 is 10.4 Å². The van der Waals surface area contributed by atoms with Crippen LogP contribution in [0.1, 0.15) is 32.9 Å². The van der Waals surface area contributed by atoms with E-state index in [2.05, 4.69) is 15.7 Å². The molecule has 6 heteroatoms. The minimum absolute atomic E-state index is 0.0486. The van der Waals surface area contributed by atoms with E-state index in [0.717, 1.165) is 5.69 Å². The van der Waals surface area contributed by atoms with Gasteiger partial charge in [-0.3, -0.25) is 10.00 Å². The predicted octanol–water partition coefficient (Wildman–Crippen LogP) is 1.65. The maximum Gasteiger partial charge on any atom is 0.320 e. The van der Waals surface area contributed by atoms with Crippen LogP contribution in [0.5, 0.6) is 0 Å². The predicted molar refractivity (Wildman–Crippen MR) is 75.0 cm³/mol. The second kappa shape index (κ2) is 6.06. The molecule has 0 spiro atoms. The van der Waals surface area contributed by atoms with E-state index in [1.165, 1.54) is 0 Å². The van der Waals surface area contributed by atoms with Gasteiger partial charge in [-0.25, -0.2) is 4.79 Å². The lowest BCUT2D eigenvalue weighted by atomic mass is 9.85. The van der Waals surface area contributed by atoms with Gasteiger partial charge in [0.15, 0.2) is 0 Å². The number of aliphatic hydroxyl groups is 1. The average Bonchev–Trinajstić information content (AvgIpc) is 2.55. The Balaban J connectivity index is 2.65. The Bertz CT molecular complexity index is 434. The van der Waals surface area contributed by atoms with E-state index in [9.17, 15) is 4.79 Å². The Morgan fingerprint density at radius 2 is 2.16 bits per heavy atom. The van der Waals surface area contributed by atoms with Crippen LogP contribution in [0.25, 0.3) is 0 Å². The molecule has 1 rings (SSSR count). The van der Waals surface area contributed by atoms with Crippen molar-refractivity contribution in [2.45, 2.75) is 40.2 Å². The number of urea groups is 1. The molecular weight excluding hydrogens is 244 g/mol. The molecule has 1 aromatic heterocycles. The smallest absolute Gasteiger partial charge is 0.320 e. The summed E-state index contributed by atoms with van der Waals surface area (Å²) in [5.74, 6) is 0.645. The van der Waals surface area contributed by atoms with E-state index in [0.29, 0.717) is 12.2 Å². The van der Waals surface area contributed by atoms with Gasteiger partial charge in [0, 0.05) is 25.8 Å². The number of nitrogens with zero attached hydrogens (tertiary/aromatic N) is 2. The molecule has 6 nitrogen and oxygen atoms in total. The van der Waals surface area contributed by atoms with Gasteiger partial charge in [0.25, 0.3) is 0 Å². The molecule has 0 aliphatic carbocycles. The van der Waals surface area contributed by atoms with Crippen molar-refractivity contribution in [2.75, 3.05) is 11.9 Å². The van der Waals surface area contributed by atoms with Crippen molar-refractivity contribution in [1.29, 1.82) is 0 Å². The molecular formula is C13H24N4O2. The van der Waals surface area contributed by atoms with E-state index in [-0.39, 0.29) is 24.1 Å². The zero-order valence-electron chi connectivity index (χ0n) is 12.3. The summed E-state index contributed by atoms with van der Waals surface area (Å²) >= 11 is 0. The molecule has 1 atom stereocenters. The van der Waals surface area contributed by atoms with E-state index in [4.69, 9.17) is 5.11 Å². The van der Waals surface area contributed by atoms with Gasteiger partial charge in [0.1, 0.15) is 5.82 Å². The average molecular weight is 268 g/mol. The molecule has 0 radical (unpaired) electrons. The molecule has 0 bridgehead atoms. The van der Waals surface area contributed by atoms with Crippen molar-refractivity contribution >= 4 is 11.8 Å². The lowest BCUT2D eigenvalue weighted by Crippen LogP contribution is -2.46. The number of carbonyl (C=O) groups is 1. The summed E-state index contributed by atoms with van der Waals surface area (Å²) in [4.78, 5) is 12.0. The van der Waals surface area contributed by atoms with Gasteiger partial charge in [-0.2, -0.15) is 5.10 Å². The van der Waals surface area contributed by atoms with Gasteiger partial charge in [0.2, 0.25) is 0 Å². The summed E-state index contributed by atoms with van der Waals surface area (Å²) in [6.07, 6.45) is 0.529. The van der Waals surface area contributed by atoms with E-state index in [1.807, 2.05) is 27.7 Å². The van der Waals surface area contributed by atoms with Gasteiger partial charge in [-0.05, 0) is 18.8 Å². The highest BCUT2D eigenvalue weighted by atomic mass is 16.3. The first-order valence-corrected chi connectivity index (χ1v) is 6.43. The summed E-state index contributed by atoms with van der Waals surface area (Å²) in [5, 5.41) is 18.9. The number of aromatic nitrogens is 2. The first-order chi connectivity index (χ1) is 8.74. The molecule has 0 aromatic carbocycles. The van der Waals surface area contributed by atoms with Crippen molar-refractivity contribution < 1.29 is 9.90 Å². The van der Waals surface area contributed by atoms with Gasteiger partial charge in [-0.1, -0.05) is 20.8 Å². The molecule has 108 valence electrons. The Hall–Kier alpha value is -1.56. The minimum atomic E-state index is -0.281. The molecule has 0 saturated carbocycles. The summed E-state index contributed by atoms with van der Waals surface area (Å²) < 4.78 is 1.62. The Morgan fingerprint density at radius 3 is 2.58 bits per heavy atom. The van der Waals surface area contributed by atoms with Gasteiger partial charge in [-0.15, -0.1) is 0 Å². The van der Waals surface area contributed by atoms with Crippen molar-refractivity contribution in [3.8, 4) is 0 Å². The molecule has 0 unspecified atom stereocenters. The van der Waals surface area contributed by atoms with Crippen LogP contribution in [0.15, 0.2) is 6.07 Å². The zero-order valence-corrected chi connectivity index (χ0v) is 12.3. The van der Waals surface area contributed by atoms with Crippen molar-refractivity contribution in [2.24, 2.45) is 12.5 Å². The normalized spacial score (nSPS) is 13.2. The second-order valence-electron chi connectivity index (χ2n) is 5.82. The Labute approximate surface area is 114 Å². The molecule has 0 saturated heterocycles. The van der Waals surface area contributed by atoms with Crippen LogP contribution in [0, 0.1) is 12.3 Å². The van der Waals surface area contributed by atoms with Gasteiger partial charge in [0.05, 0.1) is 5.69 Å². The largest absolute Gasteiger partial charge is 0.396 e. The van der Waals surface area contributed by atoms with Crippen LogP contribution < -0.4 is 10.6 Å². The van der Waals surface area contributed by atoms with Gasteiger partial charge >= 0.3 is 6.03 Å². The van der Waals surface area contributed by atoms with Crippen LogP contribution in [-0.4, -0.2) is 33.6 Å². The summed E-state index contributed by atoms with van der Waals surface area (Å²) in [6.45, 7) is 8.01. The maximum atomic E-state index is 12.0. The minimum Gasteiger partial charge on any atom is -0.396 e. The number of rotatable bonds is 4. The van der Waals surface area contributed by atoms with Crippen molar-refractivity contribution in [3.63, 3.8) is 0 Å². The number of hydrogen-bond donors (Lipinski definition) is 3. The lowest BCUT2D eigenvalue weighted by Gasteiger charge is -2.31. The fourth-order valence-electron chi connectivity index (χ4n) is 1.89. The molecule has 1 aromatic rings. The van der Waals surface area contributed by atoms with Crippen LogP contribution in [0.4, 0.5) is 10.6 Å². The number of nitrogens with one attached hydrogen (secondary N) is 2. The molecule has 19 heavy (non-hydrogen) atoms. The monoisotopic (exact) mass is 268 g/mol. The van der Waals surface area contributed by atoms with E-state index < -0.39 is 0 Å². The topological polar surface area (TPSA) is 79.2 Å². The number of carbonyl (C=O) groups excluding carboxylic acids is 1. The number of hydrogen-bond acceptors (Lipinski definition) is 3. The van der Waals surface area contributed by atoms with Crippen LogP contribution in [0.2, 0.25) is 0 Å². The first-order valence-electron chi connectivity index (χ1n) is 6.43. The Morgan fingerprint density at radius 1 is 1.53 bits per heavy atom. The fourth-order valence-corrected chi connectivity index (χ4v) is 1.89. The van der Waals surface area contributed by atoms with Crippen molar-refractivity contribution in [3.05, 3.63) is 11.8 Å². The molecule has 0 aliphatic rings. The van der Waals surface area contributed by atoms with Crippen LogP contribution in [0.3, 0.4) is 0 Å². The number of aryl methyl sites for hydroxylation is 2. The third kappa shape index (κ3) is 4.55. The van der Waals surface area contributed by atoms with E-state index in [1.54, 1.807) is 17.8 Å². The lowest BCUT2D eigenvalue weighted by molar-refractivity contribution is 0.194. The van der Waals surface area contributed by atoms with Crippen molar-refractivity contribution in [1.82, 2.24) is 15.1 Å². The summed E-state index contributed by atoms with van der Waals surface area (Å²) in [7, 11) is 1.78. The number of anilines is 1. The molecule has 0 aliphatic heterocycles. The van der Waals surface area contributed by atoms with Crippen LogP contribution >= 0.6 is 0 Å². The summed E-state index contributed by atoms with van der Waals surface area (Å²) in [5.41, 5.74) is 0.739. The molecule has 0 fully saturated rings. The Kier molecular flexibility index (Phi) is 4.94. The SMILES string of the molecule is Cc1cc(NC(=O)N[C@@H](CCO)C(C)(C)C)n(C)n1. The second-order valence-corrected chi connectivity index (χ2v) is 5.82. The third-order valence-electron chi connectivity index (χ3n) is 3.01. The highest BCUT2D eigenvalue weighted by Gasteiger charge is 2.25.